The summed E-state index contributed by atoms with van der Waals surface area (Å²) >= 11 is 11.9. The number of carboxylic acid groups (broad SMARTS) is 4. The van der Waals surface area contributed by atoms with Gasteiger partial charge in [-0.05, 0) is 193 Å². The molecule has 8 N–H and O–H groups in total. The minimum atomic E-state index is -0.891. The van der Waals surface area contributed by atoms with Gasteiger partial charge < -0.3 is 70.1 Å². The maximum atomic E-state index is 12.8. The lowest BCUT2D eigenvalue weighted by atomic mass is 9.79. The number of allylic oxidation sites excluding steroid dienone is 8. The molecule has 0 spiro atoms. The number of methoxy groups -OCH3 is 1. The van der Waals surface area contributed by atoms with Crippen molar-refractivity contribution in [3.63, 3.8) is 0 Å². The predicted octanol–water partition coefficient (Wildman–Crippen LogP) is 16.2. The van der Waals surface area contributed by atoms with E-state index in [0.717, 1.165) is 44.4 Å². The molecule has 0 saturated heterocycles. The van der Waals surface area contributed by atoms with E-state index in [1.165, 1.54) is 43.5 Å². The van der Waals surface area contributed by atoms with E-state index in [2.05, 4.69) is 21.3 Å². The molecule has 115 heavy (non-hydrogen) atoms. The number of halogens is 2. The molecular weight excluding hydrogens is 1520 g/mol. The summed E-state index contributed by atoms with van der Waals surface area (Å²) in [6, 6.07) is 48.6. The molecule has 9 aromatic rings. The maximum absolute atomic E-state index is 12.8. The fourth-order valence-electron chi connectivity index (χ4n) is 16.1. The molecule has 0 fully saturated rings. The van der Waals surface area contributed by atoms with Crippen molar-refractivity contribution in [1.29, 1.82) is 0 Å². The van der Waals surface area contributed by atoms with Crippen LogP contribution in [0.5, 0.6) is 23.0 Å². The first-order chi connectivity index (χ1) is 55.5. The van der Waals surface area contributed by atoms with E-state index in [-0.39, 0.29) is 87.2 Å². The van der Waals surface area contributed by atoms with Gasteiger partial charge in [-0.2, -0.15) is 0 Å². The zero-order valence-corrected chi connectivity index (χ0v) is 63.0. The minimum Gasteiger partial charge on any atom is -0.480 e. The van der Waals surface area contributed by atoms with Crippen LogP contribution in [0.4, 0.5) is 22.7 Å². The molecule has 4 heterocycles. The molecule has 0 saturated carbocycles. The number of hydrogen-bond acceptors (Lipinski definition) is 20. The zero-order chi connectivity index (χ0) is 80.9. The van der Waals surface area contributed by atoms with E-state index >= 15 is 0 Å². The van der Waals surface area contributed by atoms with Gasteiger partial charge in [-0.15, -0.1) is 0 Å². The first-order valence-electron chi connectivity index (χ1n) is 37.0. The van der Waals surface area contributed by atoms with Crippen LogP contribution in [-0.4, -0.2) is 118 Å². The number of carbonyl (C=O) groups is 10. The monoisotopic (exact) mass is 1590 g/mol. The summed E-state index contributed by atoms with van der Waals surface area (Å²) < 4.78 is 31.7. The van der Waals surface area contributed by atoms with Gasteiger partial charge >= 0.3 is 59.7 Å². The second kappa shape index (κ2) is 33.9. The quantitative estimate of drug-likeness (QED) is 0.0268. The summed E-state index contributed by atoms with van der Waals surface area (Å²) in [6.45, 7) is 1.92. The fourth-order valence-corrected chi connectivity index (χ4v) is 16.6. The Morgan fingerprint density at radius 3 is 1.15 bits per heavy atom. The number of aliphatic carboxylic acids is 4. The minimum absolute atomic E-state index is 0.0132. The highest BCUT2D eigenvalue weighted by atomic mass is 35.5. The Hall–Kier alpha value is -13.3. The summed E-state index contributed by atoms with van der Waals surface area (Å²) in [5.41, 5.74) is 8.10. The molecule has 4 aliphatic heterocycles. The zero-order valence-electron chi connectivity index (χ0n) is 61.5. The Morgan fingerprint density at radius 2 is 0.730 bits per heavy atom. The second-order valence-corrected chi connectivity index (χ2v) is 29.1. The molecule has 0 bridgehead atoms. The van der Waals surface area contributed by atoms with Gasteiger partial charge in [0, 0.05) is 75.1 Å². The molecular formula is C89H74Cl2N4O20. The number of carbonyl (C=O) groups excluding carboxylic acids is 6. The van der Waals surface area contributed by atoms with Crippen molar-refractivity contribution >= 4 is 116 Å². The van der Waals surface area contributed by atoms with Crippen LogP contribution in [0.25, 0.3) is 10.8 Å². The fraction of sp³-hybridized carbons (Fsp3) is 0.213. The first kappa shape index (κ1) is 78.4. The normalized spacial score (nSPS) is 21.7. The molecule has 0 amide bonds. The van der Waals surface area contributed by atoms with Crippen molar-refractivity contribution in [2.24, 2.45) is 23.7 Å². The second-order valence-electron chi connectivity index (χ2n) is 28.3. The van der Waals surface area contributed by atoms with E-state index in [4.69, 9.17) is 51.6 Å². The van der Waals surface area contributed by atoms with Crippen LogP contribution in [0.15, 0.2) is 231 Å². The number of rotatable bonds is 15. The topological polar surface area (TPSA) is 355 Å². The van der Waals surface area contributed by atoms with Crippen LogP contribution in [0.1, 0.15) is 141 Å². The molecule has 0 radical (unpaired) electrons. The van der Waals surface area contributed by atoms with Gasteiger partial charge in [0.05, 0.1) is 41.0 Å². The van der Waals surface area contributed by atoms with E-state index < -0.39 is 83.9 Å². The number of nitrogens with one attached hydrogen (secondary N) is 4. The van der Waals surface area contributed by atoms with Crippen molar-refractivity contribution in [3.8, 4) is 23.0 Å². The van der Waals surface area contributed by atoms with Gasteiger partial charge in [-0.25, -0.2) is 47.9 Å². The van der Waals surface area contributed by atoms with Crippen LogP contribution in [-0.2, 0) is 28.7 Å². The SMILES string of the molecule is CCOC(=O)c1ccccc1OC(=O)c1ccc2c(c1)C1C=CCC1C(C(=O)O)N2.COC(=O)c1ccccc1OC(=O)c1ccc2c(c1)C1C=CCC1C(C(=O)O)N2.O=C(Oc1ccc2c(c1)C1C=CCC1C(C(=O)O)N2)c1ccc(Cl)cc1Cl.O=C(Oc1ccc2ccccc2c1)c1ccc2c(c1)C1C=CCC1C(C(=O)O)N2. The number of para-hydroxylation sites is 2. The molecule has 17 rings (SSSR count). The van der Waals surface area contributed by atoms with Crippen LogP contribution >= 0.6 is 23.2 Å². The molecule has 24 nitrogen and oxygen atoms in total. The van der Waals surface area contributed by atoms with Gasteiger partial charge in [0.25, 0.3) is 0 Å². The van der Waals surface area contributed by atoms with Gasteiger partial charge in [0.2, 0.25) is 0 Å². The van der Waals surface area contributed by atoms with Gasteiger partial charge in [-0.1, -0.05) is 126 Å². The van der Waals surface area contributed by atoms with Crippen molar-refractivity contribution in [1.82, 2.24) is 0 Å². The van der Waals surface area contributed by atoms with E-state index in [1.54, 1.807) is 110 Å². The van der Waals surface area contributed by atoms with Crippen LogP contribution in [0, 0.1) is 23.7 Å². The Balaban J connectivity index is 0.000000127. The summed E-state index contributed by atoms with van der Waals surface area (Å²) in [6.07, 6.45) is 18.7. The number of esters is 6. The molecule has 26 heteroatoms. The van der Waals surface area contributed by atoms with Gasteiger partial charge in [0.1, 0.15) is 58.3 Å². The van der Waals surface area contributed by atoms with Crippen molar-refractivity contribution < 1.29 is 96.8 Å². The third-order valence-electron chi connectivity index (χ3n) is 21.6. The van der Waals surface area contributed by atoms with Gasteiger partial charge in [0.15, 0.2) is 0 Å². The van der Waals surface area contributed by atoms with E-state index in [0.29, 0.717) is 70.3 Å². The molecule has 12 atom stereocenters. The molecule has 9 aromatic carbocycles. The number of benzene rings is 9. The Kier molecular flexibility index (Phi) is 23.1. The molecule has 12 unspecified atom stereocenters. The molecule has 4 aliphatic carbocycles. The van der Waals surface area contributed by atoms with Crippen LogP contribution < -0.4 is 40.2 Å². The third-order valence-corrected chi connectivity index (χ3v) is 22.1. The Labute approximate surface area is 668 Å². The highest BCUT2D eigenvalue weighted by Crippen LogP contribution is 2.50. The van der Waals surface area contributed by atoms with Crippen molar-refractivity contribution in [3.05, 3.63) is 296 Å². The van der Waals surface area contributed by atoms with Crippen LogP contribution in [0.3, 0.4) is 0 Å². The van der Waals surface area contributed by atoms with Crippen LogP contribution in [0.2, 0.25) is 10.0 Å². The van der Waals surface area contributed by atoms with Crippen molar-refractivity contribution in [2.45, 2.75) is 80.4 Å². The summed E-state index contributed by atoms with van der Waals surface area (Å²) in [7, 11) is 1.26. The highest BCUT2D eigenvalue weighted by molar-refractivity contribution is 6.36. The summed E-state index contributed by atoms with van der Waals surface area (Å²) in [4.78, 5) is 121. The summed E-state index contributed by atoms with van der Waals surface area (Å²) in [5.74, 6) is -6.30. The standard InChI is InChI=1S/C24H19NO4.C23H21NO6.C22H19NO6.C20H15Cl2NO4/c26-23(27)22-19-7-3-6-18(19)20-13-16(9-11-21(20)25-22)24(28)29-17-10-8-14-4-1-2-5-15(14)12-17;1-2-29-23(28)16-6-3-4-9-19(16)30-22(27)13-10-11-18-17(12-13)14-7-5-8-15(14)20(24-18)21(25)26;1-28-22(27)15-5-2-3-8-18(15)29-21(26)12-9-10-17-16(11-12)13-6-4-7-14(13)19(23-17)20(24)25;21-10-4-6-14(16(22)8-10)20(26)27-11-5-7-17-15(9-11)12-2-1-3-13(12)18(23-17)19(24)25/h1-6,8-13,18-19,22,25H,7H2,(H,26,27);3-7,9-12,14-15,20,24H,2,8H2,1H3,(H,25,26);2-6,8-11,13-14,19,23H,7H2,1H3,(H,24,25);1-2,4-9,12-13,18,23H,3H2,(H,24,25). The number of carboxylic acids is 4. The number of fused-ring (bicyclic) bond motifs is 13. The summed E-state index contributed by atoms with van der Waals surface area (Å²) in [5, 5.41) is 53.1. The predicted molar refractivity (Wildman–Crippen MR) is 426 cm³/mol. The number of ether oxygens (including phenoxy) is 6. The average molecular weight is 1590 g/mol. The molecule has 8 aliphatic rings. The van der Waals surface area contributed by atoms with Gasteiger partial charge in [-0.3, -0.25) is 0 Å². The number of hydrogen-bond donors (Lipinski definition) is 8. The smallest absolute Gasteiger partial charge is 0.345 e. The van der Waals surface area contributed by atoms with Crippen molar-refractivity contribution in [2.75, 3.05) is 35.0 Å². The van der Waals surface area contributed by atoms with E-state index in [9.17, 15) is 68.4 Å². The first-order valence-corrected chi connectivity index (χ1v) is 37.7. The average Bonchev–Trinajstić information content (AvgIpc) is 1.72. The third kappa shape index (κ3) is 16.6. The Morgan fingerprint density at radius 1 is 0.365 bits per heavy atom. The Bertz CT molecular complexity index is 5560. The molecule has 584 valence electrons. The lowest BCUT2D eigenvalue weighted by molar-refractivity contribution is -0.140. The van der Waals surface area contributed by atoms with E-state index in [1.807, 2.05) is 91.1 Å². The lowest BCUT2D eigenvalue weighted by Crippen LogP contribution is -2.41. The largest absolute Gasteiger partial charge is 0.480 e. The highest BCUT2D eigenvalue weighted by Gasteiger charge is 2.45. The number of anilines is 4. The lowest BCUT2D eigenvalue weighted by Gasteiger charge is -2.34. The molecule has 0 aromatic heterocycles. The maximum Gasteiger partial charge on any atom is 0.345 e.